The average molecular weight is 285 g/mol. The molecule has 2 unspecified atom stereocenters. The molecule has 2 aliphatic heterocycles. The summed E-state index contributed by atoms with van der Waals surface area (Å²) in [4.78, 5) is 2.81. The van der Waals surface area contributed by atoms with E-state index in [1.54, 1.807) is 0 Å². The normalized spacial score (nSPS) is 31.6. The van der Waals surface area contributed by atoms with Crippen LogP contribution in [0.2, 0.25) is 0 Å². The van der Waals surface area contributed by atoms with Crippen LogP contribution in [0.3, 0.4) is 0 Å². The van der Waals surface area contributed by atoms with Crippen LogP contribution in [0.1, 0.15) is 46.5 Å². The number of nitrogens with one attached hydrogen (secondary N) is 1. The molecule has 2 aliphatic rings. The highest BCUT2D eigenvalue weighted by Gasteiger charge is 2.32. The zero-order valence-electron chi connectivity index (χ0n) is 13.1. The van der Waals surface area contributed by atoms with Gasteiger partial charge in [-0.1, -0.05) is 20.8 Å². The van der Waals surface area contributed by atoms with E-state index in [9.17, 15) is 0 Å². The largest absolute Gasteiger partial charge is 0.316 e. The summed E-state index contributed by atoms with van der Waals surface area (Å²) < 4.78 is 0. The minimum atomic E-state index is 0.532. The van der Waals surface area contributed by atoms with Gasteiger partial charge in [-0.05, 0) is 62.4 Å². The molecule has 0 amide bonds. The monoisotopic (exact) mass is 284 g/mol. The Morgan fingerprint density at radius 3 is 2.84 bits per heavy atom. The van der Waals surface area contributed by atoms with Gasteiger partial charge in [0, 0.05) is 18.3 Å². The van der Waals surface area contributed by atoms with Crippen molar-refractivity contribution in [2.45, 2.75) is 52.5 Å². The molecule has 0 aromatic carbocycles. The third kappa shape index (κ3) is 4.95. The molecule has 1 N–H and O–H groups in total. The fraction of sp³-hybridized carbons (Fsp3) is 1.00. The van der Waals surface area contributed by atoms with Gasteiger partial charge >= 0.3 is 0 Å². The zero-order chi connectivity index (χ0) is 13.7. The molecular weight excluding hydrogens is 252 g/mol. The molecule has 0 spiro atoms. The van der Waals surface area contributed by atoms with Crippen molar-refractivity contribution in [3.63, 3.8) is 0 Å². The average Bonchev–Trinajstić information content (AvgIpc) is 2.38. The van der Waals surface area contributed by atoms with Crippen LogP contribution in [-0.2, 0) is 0 Å². The second kappa shape index (κ2) is 7.33. The second-order valence-corrected chi connectivity index (χ2v) is 8.27. The molecule has 0 aromatic heterocycles. The molecule has 2 rings (SSSR count). The smallest absolute Gasteiger partial charge is 0.0191 e. The van der Waals surface area contributed by atoms with E-state index < -0.39 is 0 Å². The summed E-state index contributed by atoms with van der Waals surface area (Å²) in [5.74, 6) is 3.58. The highest BCUT2D eigenvalue weighted by molar-refractivity contribution is 7.99. The lowest BCUT2D eigenvalue weighted by Crippen LogP contribution is -2.47. The van der Waals surface area contributed by atoms with E-state index in [-0.39, 0.29) is 0 Å². The molecule has 0 bridgehead atoms. The van der Waals surface area contributed by atoms with Crippen molar-refractivity contribution in [3.8, 4) is 0 Å². The Labute approximate surface area is 124 Å². The summed E-state index contributed by atoms with van der Waals surface area (Å²) in [6.07, 6.45) is 5.48. The Bertz CT molecular complexity index is 261. The predicted octanol–water partition coefficient (Wildman–Crippen LogP) is 3.23. The van der Waals surface area contributed by atoms with Crippen molar-refractivity contribution in [2.75, 3.05) is 37.7 Å². The van der Waals surface area contributed by atoms with Gasteiger partial charge in [0.2, 0.25) is 0 Å². The molecule has 0 saturated carbocycles. The predicted molar refractivity (Wildman–Crippen MR) is 87.0 cm³/mol. The molecule has 2 saturated heterocycles. The molecule has 0 radical (unpaired) electrons. The maximum atomic E-state index is 3.57. The van der Waals surface area contributed by atoms with Crippen LogP contribution in [0.5, 0.6) is 0 Å². The molecule has 2 heterocycles. The summed E-state index contributed by atoms with van der Waals surface area (Å²) in [6, 6.07) is 0.815. The first-order valence-corrected chi connectivity index (χ1v) is 9.29. The Hall–Kier alpha value is 0.270. The quantitative estimate of drug-likeness (QED) is 0.834. The second-order valence-electron chi connectivity index (χ2n) is 7.24. The minimum Gasteiger partial charge on any atom is -0.316 e. The van der Waals surface area contributed by atoms with Crippen LogP contribution in [-0.4, -0.2) is 48.6 Å². The Morgan fingerprint density at radius 2 is 2.21 bits per heavy atom. The lowest BCUT2D eigenvalue weighted by atomic mass is 9.86. The standard InChI is InChI=1S/C16H32N2S/c1-4-8-18(11-14-6-5-7-17-10-14)15-9-16(2,3)13-19-12-15/h14-15,17H,4-13H2,1-3H3. The van der Waals surface area contributed by atoms with E-state index >= 15 is 0 Å². The van der Waals surface area contributed by atoms with Gasteiger partial charge in [0.05, 0.1) is 0 Å². The number of thioether (sulfide) groups is 1. The SMILES string of the molecule is CCCN(CC1CCCNC1)C1CSCC(C)(C)C1. The van der Waals surface area contributed by atoms with E-state index in [4.69, 9.17) is 0 Å². The molecule has 2 nitrogen and oxygen atoms in total. The van der Waals surface area contributed by atoms with Crippen LogP contribution in [0.4, 0.5) is 0 Å². The summed E-state index contributed by atoms with van der Waals surface area (Å²) in [7, 11) is 0. The van der Waals surface area contributed by atoms with Crippen LogP contribution >= 0.6 is 11.8 Å². The lowest BCUT2D eigenvalue weighted by molar-refractivity contribution is 0.129. The van der Waals surface area contributed by atoms with Gasteiger partial charge in [0.15, 0.2) is 0 Å². The molecule has 3 heteroatoms. The van der Waals surface area contributed by atoms with Gasteiger partial charge < -0.3 is 5.32 Å². The first kappa shape index (κ1) is 15.7. The molecule has 19 heavy (non-hydrogen) atoms. The van der Waals surface area contributed by atoms with Crippen LogP contribution in [0.15, 0.2) is 0 Å². The van der Waals surface area contributed by atoms with Gasteiger partial charge in [0.25, 0.3) is 0 Å². The first-order chi connectivity index (χ1) is 9.11. The molecule has 0 aromatic rings. The van der Waals surface area contributed by atoms with E-state index in [0.717, 1.165) is 12.0 Å². The molecular formula is C16H32N2S. The van der Waals surface area contributed by atoms with E-state index in [1.807, 2.05) is 0 Å². The first-order valence-electron chi connectivity index (χ1n) is 8.13. The van der Waals surface area contributed by atoms with Gasteiger partial charge in [-0.15, -0.1) is 0 Å². The Morgan fingerprint density at radius 1 is 1.37 bits per heavy atom. The number of hydrogen-bond acceptors (Lipinski definition) is 3. The lowest BCUT2D eigenvalue weighted by Gasteiger charge is -2.42. The van der Waals surface area contributed by atoms with Crippen molar-refractivity contribution in [1.29, 1.82) is 0 Å². The minimum absolute atomic E-state index is 0.532. The fourth-order valence-corrected chi connectivity index (χ4v) is 4.97. The molecule has 112 valence electrons. The number of hydrogen-bond donors (Lipinski definition) is 1. The zero-order valence-corrected chi connectivity index (χ0v) is 13.9. The highest BCUT2D eigenvalue weighted by Crippen LogP contribution is 2.36. The van der Waals surface area contributed by atoms with Crippen molar-refractivity contribution < 1.29 is 0 Å². The Balaban J connectivity index is 1.90. The fourth-order valence-electron chi connectivity index (χ4n) is 3.58. The maximum absolute atomic E-state index is 3.57. The number of rotatable bonds is 5. The van der Waals surface area contributed by atoms with Crippen molar-refractivity contribution in [1.82, 2.24) is 10.2 Å². The van der Waals surface area contributed by atoms with Gasteiger partial charge in [-0.25, -0.2) is 0 Å². The third-order valence-electron chi connectivity index (χ3n) is 4.51. The molecule has 2 atom stereocenters. The maximum Gasteiger partial charge on any atom is 0.0191 e. The topological polar surface area (TPSA) is 15.3 Å². The summed E-state index contributed by atoms with van der Waals surface area (Å²) in [5.41, 5.74) is 0.532. The number of nitrogens with zero attached hydrogens (tertiary/aromatic N) is 1. The van der Waals surface area contributed by atoms with E-state index in [0.29, 0.717) is 5.41 Å². The van der Waals surface area contributed by atoms with Crippen molar-refractivity contribution in [2.24, 2.45) is 11.3 Å². The van der Waals surface area contributed by atoms with Gasteiger partial charge in [-0.3, -0.25) is 4.90 Å². The highest BCUT2D eigenvalue weighted by atomic mass is 32.2. The third-order valence-corrected chi connectivity index (χ3v) is 6.12. The van der Waals surface area contributed by atoms with Crippen LogP contribution in [0, 0.1) is 11.3 Å². The van der Waals surface area contributed by atoms with Crippen molar-refractivity contribution in [3.05, 3.63) is 0 Å². The van der Waals surface area contributed by atoms with Crippen LogP contribution in [0.25, 0.3) is 0 Å². The van der Waals surface area contributed by atoms with Crippen LogP contribution < -0.4 is 5.32 Å². The molecule has 2 fully saturated rings. The van der Waals surface area contributed by atoms with Gasteiger partial charge in [-0.2, -0.15) is 11.8 Å². The van der Waals surface area contributed by atoms with Gasteiger partial charge in [0.1, 0.15) is 0 Å². The molecule has 0 aliphatic carbocycles. The summed E-state index contributed by atoms with van der Waals surface area (Å²) in [6.45, 7) is 12.3. The van der Waals surface area contributed by atoms with E-state index in [2.05, 4.69) is 42.7 Å². The van der Waals surface area contributed by atoms with E-state index in [1.165, 1.54) is 63.4 Å². The summed E-state index contributed by atoms with van der Waals surface area (Å²) in [5, 5.41) is 3.57. The summed E-state index contributed by atoms with van der Waals surface area (Å²) >= 11 is 2.17. The number of piperidine rings is 1. The Kier molecular flexibility index (Phi) is 6.04. The van der Waals surface area contributed by atoms with Crippen molar-refractivity contribution >= 4 is 11.8 Å².